The Kier molecular flexibility index (Phi) is 3.55. The smallest absolute Gasteiger partial charge is 0.132 e. The summed E-state index contributed by atoms with van der Waals surface area (Å²) in [6.07, 6.45) is 0. The molecule has 0 spiro atoms. The molecule has 0 aliphatic rings. The molecule has 2 rings (SSSR count). The van der Waals surface area contributed by atoms with Crippen molar-refractivity contribution in [3.05, 3.63) is 65.0 Å². The molecule has 0 aliphatic heterocycles. The number of hydrogen-bond donors (Lipinski definition) is 0. The Morgan fingerprint density at radius 3 is 2.33 bits per heavy atom. The number of hydrogen-bond acceptors (Lipinski definition) is 1. The van der Waals surface area contributed by atoms with Gasteiger partial charge in [-0.2, -0.15) is 0 Å². The summed E-state index contributed by atoms with van der Waals surface area (Å²) in [5.41, 5.74) is 0.536. The maximum Gasteiger partial charge on any atom is 0.132 e. The highest BCUT2D eigenvalue weighted by atomic mass is 19.1. The average molecular weight is 252 g/mol. The van der Waals surface area contributed by atoms with Gasteiger partial charge in [0.1, 0.15) is 29.8 Å². The normalized spacial score (nSPS) is 10.4. The van der Waals surface area contributed by atoms with Gasteiger partial charge in [-0.3, -0.25) is 0 Å². The van der Waals surface area contributed by atoms with Crippen LogP contribution in [0.5, 0.6) is 5.75 Å². The van der Waals surface area contributed by atoms with Crippen molar-refractivity contribution < 1.29 is 17.9 Å². The van der Waals surface area contributed by atoms with Crippen LogP contribution in [0.15, 0.2) is 36.4 Å². The highest BCUT2D eigenvalue weighted by molar-refractivity contribution is 5.33. The molecule has 0 saturated heterocycles. The molecule has 0 bridgehead atoms. The van der Waals surface area contributed by atoms with E-state index in [4.69, 9.17) is 4.74 Å². The number of ether oxygens (including phenoxy) is 1. The van der Waals surface area contributed by atoms with E-state index in [1.807, 2.05) is 0 Å². The van der Waals surface area contributed by atoms with Crippen molar-refractivity contribution in [2.45, 2.75) is 13.5 Å². The minimum atomic E-state index is -0.677. The number of halogens is 3. The Bertz CT molecular complexity index is 547. The molecule has 0 unspecified atom stereocenters. The Morgan fingerprint density at radius 1 is 1.00 bits per heavy atom. The fourth-order valence-corrected chi connectivity index (χ4v) is 1.55. The van der Waals surface area contributed by atoms with Crippen molar-refractivity contribution in [3.8, 4) is 5.75 Å². The molecule has 0 saturated carbocycles. The van der Waals surface area contributed by atoms with Crippen LogP contribution in [0.2, 0.25) is 0 Å². The van der Waals surface area contributed by atoms with E-state index in [0.29, 0.717) is 5.56 Å². The van der Waals surface area contributed by atoms with Crippen LogP contribution in [0.25, 0.3) is 0 Å². The number of aryl methyl sites for hydroxylation is 1. The lowest BCUT2D eigenvalue weighted by molar-refractivity contribution is 0.289. The van der Waals surface area contributed by atoms with Crippen LogP contribution in [0.1, 0.15) is 11.1 Å². The van der Waals surface area contributed by atoms with Gasteiger partial charge in [0.2, 0.25) is 0 Å². The Hall–Kier alpha value is -1.97. The Morgan fingerprint density at radius 2 is 1.67 bits per heavy atom. The molecule has 18 heavy (non-hydrogen) atoms. The highest BCUT2D eigenvalue weighted by Gasteiger charge is 2.10. The van der Waals surface area contributed by atoms with E-state index in [1.54, 1.807) is 13.0 Å². The molecule has 0 radical (unpaired) electrons. The number of benzene rings is 2. The molecule has 0 fully saturated rings. The van der Waals surface area contributed by atoms with E-state index in [-0.39, 0.29) is 17.9 Å². The Labute approximate surface area is 103 Å². The second-order valence-electron chi connectivity index (χ2n) is 3.90. The summed E-state index contributed by atoms with van der Waals surface area (Å²) < 4.78 is 44.9. The van der Waals surface area contributed by atoms with Gasteiger partial charge in [-0.25, -0.2) is 13.2 Å². The van der Waals surface area contributed by atoms with Crippen molar-refractivity contribution >= 4 is 0 Å². The molecule has 2 aromatic rings. The lowest BCUT2D eigenvalue weighted by atomic mass is 10.2. The topological polar surface area (TPSA) is 9.23 Å². The van der Waals surface area contributed by atoms with E-state index >= 15 is 0 Å². The zero-order valence-electron chi connectivity index (χ0n) is 9.71. The molecule has 4 heteroatoms. The first-order valence-corrected chi connectivity index (χ1v) is 5.40. The van der Waals surface area contributed by atoms with Crippen LogP contribution in [0, 0.1) is 24.4 Å². The molecule has 0 heterocycles. The highest BCUT2D eigenvalue weighted by Crippen LogP contribution is 2.21. The molecule has 0 aliphatic carbocycles. The third-order valence-corrected chi connectivity index (χ3v) is 2.58. The summed E-state index contributed by atoms with van der Waals surface area (Å²) in [4.78, 5) is 0. The first-order chi connectivity index (χ1) is 8.58. The molecule has 0 amide bonds. The van der Waals surface area contributed by atoms with E-state index < -0.39 is 17.5 Å². The summed E-state index contributed by atoms with van der Waals surface area (Å²) in [5, 5.41) is 0. The van der Waals surface area contributed by atoms with Crippen molar-refractivity contribution in [2.75, 3.05) is 0 Å². The zero-order valence-corrected chi connectivity index (χ0v) is 9.71. The van der Waals surface area contributed by atoms with E-state index in [9.17, 15) is 13.2 Å². The maximum absolute atomic E-state index is 13.3. The van der Waals surface area contributed by atoms with Crippen molar-refractivity contribution in [1.29, 1.82) is 0 Å². The molecule has 94 valence electrons. The van der Waals surface area contributed by atoms with Crippen LogP contribution in [0.3, 0.4) is 0 Å². The van der Waals surface area contributed by atoms with Gasteiger partial charge in [0, 0.05) is 6.07 Å². The fraction of sp³-hybridized carbons (Fsp3) is 0.143. The van der Waals surface area contributed by atoms with Gasteiger partial charge in [-0.05, 0) is 30.7 Å². The third-order valence-electron chi connectivity index (χ3n) is 2.58. The van der Waals surface area contributed by atoms with E-state index in [2.05, 4.69) is 0 Å². The van der Waals surface area contributed by atoms with E-state index in [0.717, 1.165) is 12.1 Å². The molecule has 0 atom stereocenters. The Balaban J connectivity index is 2.19. The van der Waals surface area contributed by atoms with Crippen molar-refractivity contribution in [1.82, 2.24) is 0 Å². The molecule has 0 N–H and O–H groups in total. The second kappa shape index (κ2) is 5.12. The average Bonchev–Trinajstić information content (AvgIpc) is 2.33. The summed E-state index contributed by atoms with van der Waals surface area (Å²) in [6.45, 7) is 1.45. The van der Waals surface area contributed by atoms with Crippen LogP contribution < -0.4 is 4.74 Å². The molecule has 1 nitrogen and oxygen atoms in total. The largest absolute Gasteiger partial charge is 0.488 e. The van der Waals surface area contributed by atoms with Gasteiger partial charge in [-0.1, -0.05) is 12.1 Å². The quantitative estimate of drug-likeness (QED) is 0.802. The fourth-order valence-electron chi connectivity index (χ4n) is 1.55. The van der Waals surface area contributed by atoms with E-state index in [1.165, 1.54) is 18.2 Å². The molecular formula is C14H11F3O. The summed E-state index contributed by atoms with van der Waals surface area (Å²) in [7, 11) is 0. The minimum absolute atomic E-state index is 0.166. The predicted molar refractivity (Wildman–Crippen MR) is 61.8 cm³/mol. The zero-order chi connectivity index (χ0) is 13.1. The predicted octanol–water partition coefficient (Wildman–Crippen LogP) is 3.99. The number of rotatable bonds is 3. The van der Waals surface area contributed by atoms with Crippen LogP contribution >= 0.6 is 0 Å². The van der Waals surface area contributed by atoms with Crippen LogP contribution in [0.4, 0.5) is 13.2 Å². The molecular weight excluding hydrogens is 241 g/mol. The van der Waals surface area contributed by atoms with Crippen molar-refractivity contribution in [3.63, 3.8) is 0 Å². The lowest BCUT2D eigenvalue weighted by Gasteiger charge is -2.10. The van der Waals surface area contributed by atoms with Crippen LogP contribution in [-0.2, 0) is 6.61 Å². The summed E-state index contributed by atoms with van der Waals surface area (Å²) in [5.74, 6) is -1.53. The van der Waals surface area contributed by atoms with Gasteiger partial charge in [0.15, 0.2) is 0 Å². The van der Waals surface area contributed by atoms with Gasteiger partial charge in [0.25, 0.3) is 0 Å². The minimum Gasteiger partial charge on any atom is -0.488 e. The molecule has 2 aromatic carbocycles. The van der Waals surface area contributed by atoms with Gasteiger partial charge >= 0.3 is 0 Å². The lowest BCUT2D eigenvalue weighted by Crippen LogP contribution is -2.02. The van der Waals surface area contributed by atoms with Gasteiger partial charge in [-0.15, -0.1) is 0 Å². The van der Waals surface area contributed by atoms with Crippen molar-refractivity contribution in [2.24, 2.45) is 0 Å². The van der Waals surface area contributed by atoms with Gasteiger partial charge < -0.3 is 4.74 Å². The first-order valence-electron chi connectivity index (χ1n) is 5.40. The summed E-state index contributed by atoms with van der Waals surface area (Å²) in [6, 6.07) is 7.62. The third kappa shape index (κ3) is 2.64. The first kappa shape index (κ1) is 12.5. The summed E-state index contributed by atoms with van der Waals surface area (Å²) >= 11 is 0. The SMILES string of the molecule is Cc1ccc(F)cc1OCc1c(F)cccc1F. The van der Waals surface area contributed by atoms with Crippen LogP contribution in [-0.4, -0.2) is 0 Å². The monoisotopic (exact) mass is 252 g/mol. The van der Waals surface area contributed by atoms with Gasteiger partial charge in [0.05, 0.1) is 5.56 Å². The maximum atomic E-state index is 13.3. The standard InChI is InChI=1S/C14H11F3O/c1-9-5-6-10(15)7-14(9)18-8-11-12(16)3-2-4-13(11)17/h2-7H,8H2,1H3. The second-order valence-corrected chi connectivity index (χ2v) is 3.90. The molecule has 0 aromatic heterocycles.